The molecule has 0 bridgehead atoms. The standard InChI is InChI=1S/C13H17.2C3H4O2.CH3.Ti/c1-3-7-12-10(5-1)9-11-6-2-4-8-13(11)12;2*1-2-3(4)5;;/h9H,1-8H2;2*2H,1H2,(H,4,5);1H3;/q;;;;+2/p-2. The van der Waals surface area contributed by atoms with Crippen molar-refractivity contribution in [2.24, 2.45) is 0 Å². The van der Waals surface area contributed by atoms with Crippen molar-refractivity contribution in [3.63, 3.8) is 0 Å². The second kappa shape index (κ2) is 7.47. The van der Waals surface area contributed by atoms with Gasteiger partial charge in [-0.3, -0.25) is 0 Å². The van der Waals surface area contributed by atoms with Gasteiger partial charge in [0.15, 0.2) is 0 Å². The average molecular weight is 378 g/mol. The Bertz CT molecular complexity index is 632. The Morgan fingerprint density at radius 1 is 0.880 bits per heavy atom. The zero-order valence-corrected chi connectivity index (χ0v) is 16.5. The second-order valence-corrected chi connectivity index (χ2v) is 11.8. The third-order valence-electron chi connectivity index (χ3n) is 5.55. The summed E-state index contributed by atoms with van der Waals surface area (Å²) in [6.45, 7) is 7.01. The van der Waals surface area contributed by atoms with Crippen molar-refractivity contribution >= 4 is 11.9 Å². The number of rotatable bonds is 5. The van der Waals surface area contributed by atoms with E-state index in [1.807, 2.05) is 5.23 Å². The van der Waals surface area contributed by atoms with Gasteiger partial charge in [-0.05, 0) is 0 Å². The number of carbonyl (C=O) groups excluding carboxylic acids is 2. The third kappa shape index (κ3) is 3.47. The Hall–Kier alpha value is -1.39. The molecule has 0 atom stereocenters. The topological polar surface area (TPSA) is 52.6 Å². The Kier molecular flexibility index (Phi) is 5.50. The summed E-state index contributed by atoms with van der Waals surface area (Å²) in [4.78, 5) is 24.1. The van der Waals surface area contributed by atoms with Crippen LogP contribution in [0, 0.1) is 0 Å². The van der Waals surface area contributed by atoms with Crippen molar-refractivity contribution in [1.29, 1.82) is 0 Å². The van der Waals surface area contributed by atoms with E-state index in [0.717, 1.165) is 50.7 Å². The van der Waals surface area contributed by atoms with E-state index in [0.29, 0.717) is 0 Å². The molecule has 0 heterocycles. The van der Waals surface area contributed by atoms with Crippen LogP contribution in [0.15, 0.2) is 47.6 Å². The molecule has 0 fully saturated rings. The molecule has 0 saturated carbocycles. The summed E-state index contributed by atoms with van der Waals surface area (Å²) in [5.41, 5.74) is 5.72. The molecule has 5 heteroatoms. The van der Waals surface area contributed by atoms with Gasteiger partial charge in [0, 0.05) is 0 Å². The molecule has 0 aromatic carbocycles. The Labute approximate surface area is 154 Å². The van der Waals surface area contributed by atoms with Gasteiger partial charge in [0.05, 0.1) is 0 Å². The minimum atomic E-state index is -3.79. The van der Waals surface area contributed by atoms with Crippen molar-refractivity contribution in [2.45, 2.75) is 60.8 Å². The normalized spacial score (nSPS) is 20.7. The maximum absolute atomic E-state index is 12.0. The van der Waals surface area contributed by atoms with Crippen LogP contribution in [0.2, 0.25) is 9.45 Å². The quantitative estimate of drug-likeness (QED) is 0.498. The fourth-order valence-electron chi connectivity index (χ4n) is 4.65. The molecule has 0 amide bonds. The molecule has 0 unspecified atom stereocenters. The van der Waals surface area contributed by atoms with E-state index in [1.54, 1.807) is 0 Å². The second-order valence-electron chi connectivity index (χ2n) is 7.12. The summed E-state index contributed by atoms with van der Waals surface area (Å²) in [5.74, 6) is -0.996. The van der Waals surface area contributed by atoms with Gasteiger partial charge in [-0.2, -0.15) is 0 Å². The van der Waals surface area contributed by atoms with Crippen LogP contribution in [0.1, 0.15) is 51.4 Å². The molecule has 3 aliphatic rings. The first-order chi connectivity index (χ1) is 12.0. The van der Waals surface area contributed by atoms with E-state index in [2.05, 4.69) is 13.2 Å². The number of fused-ring (bicyclic) bond motifs is 1. The molecule has 0 spiro atoms. The Morgan fingerprint density at radius 2 is 1.28 bits per heavy atom. The molecule has 3 aliphatic carbocycles. The van der Waals surface area contributed by atoms with Gasteiger partial charge in [0.25, 0.3) is 0 Å². The van der Waals surface area contributed by atoms with E-state index in [9.17, 15) is 9.59 Å². The van der Waals surface area contributed by atoms with Crippen LogP contribution in [0.25, 0.3) is 0 Å². The van der Waals surface area contributed by atoms with E-state index in [1.165, 1.54) is 35.1 Å². The van der Waals surface area contributed by atoms with Crippen LogP contribution in [0.4, 0.5) is 0 Å². The Morgan fingerprint density at radius 3 is 1.68 bits per heavy atom. The first kappa shape index (κ1) is 18.4. The fraction of sp³-hybridized carbons (Fsp3) is 0.500. The van der Waals surface area contributed by atoms with Gasteiger partial charge in [-0.15, -0.1) is 0 Å². The minimum absolute atomic E-state index is 0.0124. The summed E-state index contributed by atoms with van der Waals surface area (Å²) in [7, 11) is 0. The van der Waals surface area contributed by atoms with Crippen LogP contribution in [-0.4, -0.2) is 11.9 Å². The molecule has 0 saturated heterocycles. The molecule has 4 nitrogen and oxygen atoms in total. The van der Waals surface area contributed by atoms with Crippen molar-refractivity contribution in [3.05, 3.63) is 47.6 Å². The number of hydrogen-bond donors (Lipinski definition) is 0. The van der Waals surface area contributed by atoms with Gasteiger partial charge in [0.2, 0.25) is 0 Å². The fourth-order valence-corrected chi connectivity index (χ4v) is 9.56. The van der Waals surface area contributed by atoms with Crippen LogP contribution in [0.5, 0.6) is 0 Å². The molecular formula is C20H26O4Ti. The average Bonchev–Trinajstić information content (AvgIpc) is 2.96. The van der Waals surface area contributed by atoms with Crippen LogP contribution in [0.3, 0.4) is 0 Å². The number of hydrogen-bond acceptors (Lipinski definition) is 4. The van der Waals surface area contributed by atoms with Crippen LogP contribution in [-0.2, 0) is 33.6 Å². The third-order valence-corrected chi connectivity index (χ3v) is 10.2. The molecule has 0 radical (unpaired) electrons. The van der Waals surface area contributed by atoms with Gasteiger partial charge in [0.1, 0.15) is 0 Å². The van der Waals surface area contributed by atoms with Gasteiger partial charge < -0.3 is 0 Å². The number of allylic oxidation sites excluding steroid dienone is 4. The van der Waals surface area contributed by atoms with E-state index < -0.39 is 29.3 Å². The maximum atomic E-state index is 12.0. The summed E-state index contributed by atoms with van der Waals surface area (Å²) in [6.07, 6.45) is 11.3. The molecule has 0 aromatic heterocycles. The predicted molar refractivity (Wildman–Crippen MR) is 93.2 cm³/mol. The molecule has 0 aliphatic heterocycles. The summed E-state index contributed by atoms with van der Waals surface area (Å²) < 4.78 is 11.6. The molecule has 3 rings (SSSR count). The molecule has 0 N–H and O–H groups in total. The van der Waals surface area contributed by atoms with Crippen molar-refractivity contribution in [3.8, 4) is 0 Å². The molecule has 134 valence electrons. The van der Waals surface area contributed by atoms with Gasteiger partial charge in [-0.25, -0.2) is 0 Å². The predicted octanol–water partition coefficient (Wildman–Crippen LogP) is 5.02. The monoisotopic (exact) mass is 378 g/mol. The van der Waals surface area contributed by atoms with E-state index in [4.69, 9.17) is 6.64 Å². The molecular weight excluding hydrogens is 352 g/mol. The van der Waals surface area contributed by atoms with Crippen molar-refractivity contribution in [1.82, 2.24) is 0 Å². The van der Waals surface area contributed by atoms with Crippen molar-refractivity contribution < 1.29 is 33.6 Å². The van der Waals surface area contributed by atoms with Crippen molar-refractivity contribution in [2.75, 3.05) is 0 Å². The van der Waals surface area contributed by atoms with Crippen LogP contribution < -0.4 is 0 Å². The zero-order chi connectivity index (χ0) is 18.0. The molecule has 25 heavy (non-hydrogen) atoms. The van der Waals surface area contributed by atoms with Gasteiger partial charge in [-0.1, -0.05) is 0 Å². The summed E-state index contributed by atoms with van der Waals surface area (Å²) in [6, 6.07) is 0. The van der Waals surface area contributed by atoms with Gasteiger partial charge >= 0.3 is 154 Å². The summed E-state index contributed by atoms with van der Waals surface area (Å²) >= 11 is -3.79. The van der Waals surface area contributed by atoms with E-state index in [-0.39, 0.29) is 4.22 Å². The number of carbonyl (C=O) groups is 2. The Balaban J connectivity index is 2.06. The first-order valence-electron chi connectivity index (χ1n) is 9.15. The molecule has 0 aromatic rings. The first-order valence-corrected chi connectivity index (χ1v) is 12.9. The van der Waals surface area contributed by atoms with E-state index >= 15 is 0 Å². The SMILES string of the molecule is C=CC(=O)[O][Ti]([CH3])([O]C(=O)C=C)[CH]1C2=C(CCCC2)C2=C1CCCC2. The zero-order valence-electron chi connectivity index (χ0n) is 14.9. The van der Waals surface area contributed by atoms with Crippen LogP contribution >= 0.6 is 0 Å². The summed E-state index contributed by atoms with van der Waals surface area (Å²) in [5, 5.41) is 1.89.